The highest BCUT2D eigenvalue weighted by atomic mass is 31.2. The molecule has 6 nitrogen and oxygen atoms in total. The fourth-order valence-electron chi connectivity index (χ4n) is 2.18. The molecule has 0 radical (unpaired) electrons. The Balaban J connectivity index is 2.61. The summed E-state index contributed by atoms with van der Waals surface area (Å²) in [5.41, 5.74) is -2.03. The smallest absolute Gasteiger partial charge is 0.480 e. The number of para-hydroxylation sites is 1. The van der Waals surface area contributed by atoms with Gasteiger partial charge in [0.15, 0.2) is 0 Å². The van der Waals surface area contributed by atoms with Crippen molar-refractivity contribution in [2.24, 2.45) is 5.92 Å². The summed E-state index contributed by atoms with van der Waals surface area (Å²) in [7, 11) is -5.07. The molecule has 2 aromatic rings. The summed E-state index contributed by atoms with van der Waals surface area (Å²) in [5, 5.41) is 11.6. The van der Waals surface area contributed by atoms with Crippen molar-refractivity contribution in [3.63, 3.8) is 0 Å². The Morgan fingerprint density at radius 2 is 1.43 bits per heavy atom. The van der Waals surface area contributed by atoms with Crippen LogP contribution in [0.5, 0.6) is 11.5 Å². The first-order chi connectivity index (χ1) is 13.8. The molecule has 2 aromatic carbocycles. The lowest BCUT2D eigenvalue weighted by Gasteiger charge is -2.33. The number of hydrogen-bond acceptors (Lipinski definition) is 4. The van der Waals surface area contributed by atoms with Crippen LogP contribution < -0.4 is 14.1 Å². The minimum Gasteiger partial charge on any atom is -0.480 e. The van der Waals surface area contributed by atoms with Crippen LogP contribution in [0.25, 0.3) is 0 Å². The molecule has 0 amide bonds. The van der Waals surface area contributed by atoms with E-state index < -0.39 is 60.0 Å². The van der Waals surface area contributed by atoms with Crippen LogP contribution in [0.4, 0.5) is 22.0 Å². The van der Waals surface area contributed by atoms with Crippen molar-refractivity contribution in [1.82, 2.24) is 5.09 Å². The molecule has 0 aliphatic heterocycles. The largest absolute Gasteiger partial charge is 0.514 e. The highest BCUT2D eigenvalue weighted by Gasteiger charge is 2.47. The van der Waals surface area contributed by atoms with Crippen LogP contribution in [-0.2, 0) is 9.36 Å². The number of carboxylic acid groups (broad SMARTS) is 1. The van der Waals surface area contributed by atoms with Crippen LogP contribution in [0.15, 0.2) is 30.3 Å². The highest BCUT2D eigenvalue weighted by molar-refractivity contribution is 7.52. The number of nitrogens with one attached hydrogen (secondary N) is 1. The lowest BCUT2D eigenvalue weighted by atomic mass is 9.90. The summed E-state index contributed by atoms with van der Waals surface area (Å²) >= 11 is 0. The average molecular weight is 453 g/mol. The first kappa shape index (κ1) is 23.6. The molecule has 0 bridgehead atoms. The van der Waals surface area contributed by atoms with E-state index in [1.165, 1.54) is 38.1 Å². The zero-order valence-corrected chi connectivity index (χ0v) is 16.8. The van der Waals surface area contributed by atoms with Crippen molar-refractivity contribution in [3.05, 3.63) is 59.4 Å². The third-order valence-corrected chi connectivity index (χ3v) is 5.93. The van der Waals surface area contributed by atoms with Gasteiger partial charge in [0, 0.05) is 0 Å². The number of hydrogen-bond donors (Lipinski definition) is 2. The number of halogens is 5. The number of carbonyl (C=O) groups is 1. The maximum absolute atomic E-state index is 14.1. The third kappa shape index (κ3) is 4.57. The quantitative estimate of drug-likeness (QED) is 0.252. The molecular weight excluding hydrogens is 436 g/mol. The van der Waals surface area contributed by atoms with Gasteiger partial charge in [0.05, 0.1) is 0 Å². The minimum absolute atomic E-state index is 0.186. The van der Waals surface area contributed by atoms with Gasteiger partial charge in [-0.3, -0.25) is 4.79 Å². The van der Waals surface area contributed by atoms with Crippen molar-refractivity contribution in [2.75, 3.05) is 0 Å². The van der Waals surface area contributed by atoms with Gasteiger partial charge in [0.1, 0.15) is 11.3 Å². The topological polar surface area (TPSA) is 84.9 Å². The van der Waals surface area contributed by atoms with Gasteiger partial charge in [0.25, 0.3) is 0 Å². The lowest BCUT2D eigenvalue weighted by Crippen LogP contribution is -2.53. The monoisotopic (exact) mass is 453 g/mol. The van der Waals surface area contributed by atoms with E-state index in [-0.39, 0.29) is 5.75 Å². The van der Waals surface area contributed by atoms with E-state index in [2.05, 4.69) is 9.61 Å². The Morgan fingerprint density at radius 1 is 0.967 bits per heavy atom. The number of carboxylic acids is 1. The van der Waals surface area contributed by atoms with Crippen molar-refractivity contribution < 1.29 is 45.5 Å². The van der Waals surface area contributed by atoms with E-state index in [1.807, 2.05) is 0 Å². The minimum atomic E-state index is -5.07. The molecular formula is C18H17F5NO5P. The van der Waals surface area contributed by atoms with Crippen LogP contribution in [0.3, 0.4) is 0 Å². The highest BCUT2D eigenvalue weighted by Crippen LogP contribution is 2.49. The SMILES string of the molecule is CC(C)[C@](C)(N[P@](=O)(Oc1ccccc1)Oc1c(F)c(F)c(F)c(F)c1F)C(=O)O. The zero-order chi connectivity index (χ0) is 22.9. The second kappa shape index (κ2) is 8.61. The summed E-state index contributed by atoms with van der Waals surface area (Å²) in [4.78, 5) is 11.7. The molecule has 0 fully saturated rings. The van der Waals surface area contributed by atoms with Crippen LogP contribution in [0.2, 0.25) is 0 Å². The molecule has 2 N–H and O–H groups in total. The molecule has 0 aliphatic rings. The van der Waals surface area contributed by atoms with Crippen molar-refractivity contribution in [2.45, 2.75) is 26.3 Å². The standard InChI is InChI=1S/C18H17F5NO5P/c1-9(2)18(3,17(25)26)24-30(27,28-10-7-5-4-6-8-10)29-16-14(22)12(20)11(19)13(21)15(16)23/h4-9H,1-3H3,(H,24,27)(H,25,26)/t18-,30-/m0/s1. The van der Waals surface area contributed by atoms with Gasteiger partial charge >= 0.3 is 13.7 Å². The molecule has 0 spiro atoms. The predicted octanol–water partition coefficient (Wildman–Crippen LogP) is 5.04. The Bertz CT molecular complexity index is 975. The fraction of sp³-hybridized carbons (Fsp3) is 0.278. The van der Waals surface area contributed by atoms with Crippen LogP contribution in [0.1, 0.15) is 20.8 Å². The summed E-state index contributed by atoms with van der Waals surface area (Å²) in [6.45, 7) is 3.93. The molecule has 0 aromatic heterocycles. The molecule has 0 saturated carbocycles. The number of aliphatic carboxylic acids is 1. The number of benzene rings is 2. The summed E-state index contributed by atoms with van der Waals surface area (Å²) < 4.78 is 91.5. The van der Waals surface area contributed by atoms with E-state index in [9.17, 15) is 36.4 Å². The third-order valence-electron chi connectivity index (χ3n) is 4.32. The molecule has 12 heteroatoms. The molecule has 0 saturated heterocycles. The predicted molar refractivity (Wildman–Crippen MR) is 95.6 cm³/mol. The molecule has 2 atom stereocenters. The van der Waals surface area contributed by atoms with E-state index in [0.29, 0.717) is 0 Å². The van der Waals surface area contributed by atoms with Gasteiger partial charge in [-0.25, -0.2) is 17.7 Å². The Kier molecular flexibility index (Phi) is 6.78. The summed E-state index contributed by atoms with van der Waals surface area (Å²) in [6.07, 6.45) is 0. The van der Waals surface area contributed by atoms with Gasteiger partial charge in [-0.05, 0) is 25.0 Å². The van der Waals surface area contributed by atoms with E-state index in [1.54, 1.807) is 6.07 Å². The molecule has 30 heavy (non-hydrogen) atoms. The van der Waals surface area contributed by atoms with E-state index in [0.717, 1.165) is 6.92 Å². The van der Waals surface area contributed by atoms with E-state index >= 15 is 0 Å². The molecule has 0 unspecified atom stereocenters. The molecule has 2 rings (SSSR count). The molecule has 0 heterocycles. The number of rotatable bonds is 8. The van der Waals surface area contributed by atoms with Crippen LogP contribution in [0, 0.1) is 35.0 Å². The first-order valence-corrected chi connectivity index (χ1v) is 9.95. The summed E-state index contributed by atoms with van der Waals surface area (Å²) in [6, 6.07) is 6.91. The van der Waals surface area contributed by atoms with Gasteiger partial charge < -0.3 is 14.2 Å². The Morgan fingerprint density at radius 3 is 1.87 bits per heavy atom. The van der Waals surface area contributed by atoms with E-state index in [4.69, 9.17) is 4.52 Å². The van der Waals surface area contributed by atoms with Crippen molar-refractivity contribution in [1.29, 1.82) is 0 Å². The van der Waals surface area contributed by atoms with Gasteiger partial charge in [-0.15, -0.1) is 0 Å². The fourth-order valence-corrected chi connectivity index (χ4v) is 4.03. The van der Waals surface area contributed by atoms with Crippen molar-refractivity contribution in [3.8, 4) is 11.5 Å². The Hall–Kier alpha value is -2.65. The Labute approximate surface area is 168 Å². The average Bonchev–Trinajstić information content (AvgIpc) is 2.68. The zero-order valence-electron chi connectivity index (χ0n) is 15.9. The van der Waals surface area contributed by atoms with Gasteiger partial charge in [-0.1, -0.05) is 32.0 Å². The maximum Gasteiger partial charge on any atom is 0.514 e. The summed E-state index contributed by atoms with van der Waals surface area (Å²) in [5.74, 6) is -16.3. The molecule has 0 aliphatic carbocycles. The van der Waals surface area contributed by atoms with Crippen LogP contribution >= 0.6 is 7.75 Å². The van der Waals surface area contributed by atoms with Gasteiger partial charge in [0.2, 0.25) is 34.8 Å². The maximum atomic E-state index is 14.1. The van der Waals surface area contributed by atoms with Crippen molar-refractivity contribution >= 4 is 13.7 Å². The second-order valence-electron chi connectivity index (χ2n) is 6.67. The first-order valence-electron chi connectivity index (χ1n) is 8.41. The normalized spacial score (nSPS) is 15.4. The lowest BCUT2D eigenvalue weighted by molar-refractivity contribution is -0.145. The second-order valence-corrected chi connectivity index (χ2v) is 8.25. The molecule has 164 valence electrons. The van der Waals surface area contributed by atoms with Crippen LogP contribution in [-0.4, -0.2) is 16.6 Å². The van der Waals surface area contributed by atoms with Gasteiger partial charge in [-0.2, -0.15) is 13.9 Å².